The van der Waals surface area contributed by atoms with Crippen LogP contribution in [-0.4, -0.2) is 18.7 Å². The molecule has 2 aromatic carbocycles. The maximum Gasteiger partial charge on any atom is 0.238 e. The first-order valence-corrected chi connectivity index (χ1v) is 8.75. The van der Waals surface area contributed by atoms with Crippen molar-refractivity contribution < 1.29 is 18.0 Å². The van der Waals surface area contributed by atoms with Crippen LogP contribution in [0.4, 0.5) is 0 Å². The average molecular weight is 344 g/mol. The van der Waals surface area contributed by atoms with Gasteiger partial charge in [-0.15, -0.1) is 0 Å². The molecule has 24 heavy (non-hydrogen) atoms. The summed E-state index contributed by atoms with van der Waals surface area (Å²) in [5, 5.41) is 18.5. The van der Waals surface area contributed by atoms with Crippen molar-refractivity contribution >= 4 is 10.0 Å². The highest BCUT2D eigenvalue weighted by molar-refractivity contribution is 7.89. The molecule has 1 aromatic heterocycles. The Labute approximate surface area is 139 Å². The molecule has 0 saturated carbocycles. The summed E-state index contributed by atoms with van der Waals surface area (Å²) < 4.78 is 29.1. The molecule has 124 valence electrons. The smallest absolute Gasteiger partial charge is 0.238 e. The van der Waals surface area contributed by atoms with Gasteiger partial charge in [0.05, 0.1) is 17.1 Å². The van der Waals surface area contributed by atoms with Crippen molar-refractivity contribution in [2.45, 2.75) is 18.4 Å². The van der Waals surface area contributed by atoms with E-state index in [0.29, 0.717) is 22.6 Å². The second kappa shape index (κ2) is 6.20. The third-order valence-electron chi connectivity index (χ3n) is 3.74. The third kappa shape index (κ3) is 2.96. The maximum atomic E-state index is 11.9. The van der Waals surface area contributed by atoms with E-state index in [2.05, 4.69) is 5.16 Å². The van der Waals surface area contributed by atoms with E-state index >= 15 is 0 Å². The Hall–Kier alpha value is -2.48. The lowest BCUT2D eigenvalue weighted by Crippen LogP contribution is -2.13. The number of nitrogens with two attached hydrogens (primary N) is 1. The summed E-state index contributed by atoms with van der Waals surface area (Å²) in [6.45, 7) is 1.66. The molecule has 0 spiro atoms. The maximum absolute atomic E-state index is 11.9. The minimum absolute atomic E-state index is 0.0181. The van der Waals surface area contributed by atoms with Gasteiger partial charge in [0.25, 0.3) is 0 Å². The summed E-state index contributed by atoms with van der Waals surface area (Å²) in [6.07, 6.45) is 0. The number of hydrogen-bond donors (Lipinski definition) is 2. The highest BCUT2D eigenvalue weighted by Gasteiger charge is 2.22. The second-order valence-electron chi connectivity index (χ2n) is 5.36. The van der Waals surface area contributed by atoms with Crippen LogP contribution in [0.2, 0.25) is 0 Å². The van der Waals surface area contributed by atoms with Gasteiger partial charge in [-0.05, 0) is 18.6 Å². The van der Waals surface area contributed by atoms with Crippen LogP contribution in [0.15, 0.2) is 57.9 Å². The first kappa shape index (κ1) is 16.4. The molecule has 0 bridgehead atoms. The Kier molecular flexibility index (Phi) is 4.23. The summed E-state index contributed by atoms with van der Waals surface area (Å²) in [5.41, 5.74) is 3.07. The minimum atomic E-state index is -3.89. The van der Waals surface area contributed by atoms with Gasteiger partial charge in [0.1, 0.15) is 11.5 Å². The molecule has 0 fully saturated rings. The predicted octanol–water partition coefficient (Wildman–Crippen LogP) is 2.46. The lowest BCUT2D eigenvalue weighted by Gasteiger charge is -2.08. The lowest BCUT2D eigenvalue weighted by molar-refractivity contribution is 0.282. The zero-order valence-corrected chi connectivity index (χ0v) is 13.7. The summed E-state index contributed by atoms with van der Waals surface area (Å²) in [6, 6.07) is 13.6. The van der Waals surface area contributed by atoms with E-state index in [4.69, 9.17) is 14.8 Å². The van der Waals surface area contributed by atoms with E-state index in [9.17, 15) is 8.42 Å². The van der Waals surface area contributed by atoms with Crippen LogP contribution in [0.5, 0.6) is 0 Å². The monoisotopic (exact) mass is 344 g/mol. The fourth-order valence-corrected chi connectivity index (χ4v) is 3.32. The molecule has 0 aliphatic carbocycles. The molecular weight excluding hydrogens is 328 g/mol. The lowest BCUT2D eigenvalue weighted by atomic mass is 9.99. The zero-order chi connectivity index (χ0) is 17.3. The second-order valence-corrected chi connectivity index (χ2v) is 6.89. The number of aryl methyl sites for hydroxylation is 1. The van der Waals surface area contributed by atoms with Gasteiger partial charge in [0.2, 0.25) is 10.0 Å². The normalized spacial score (nSPS) is 11.6. The van der Waals surface area contributed by atoms with Gasteiger partial charge in [-0.25, -0.2) is 13.6 Å². The van der Waals surface area contributed by atoms with Crippen molar-refractivity contribution in [3.63, 3.8) is 0 Å². The first-order valence-electron chi connectivity index (χ1n) is 7.20. The Balaban J connectivity index is 2.22. The molecule has 3 rings (SSSR count). The zero-order valence-electron chi connectivity index (χ0n) is 12.9. The summed E-state index contributed by atoms with van der Waals surface area (Å²) in [7, 11) is -3.89. The van der Waals surface area contributed by atoms with Crippen LogP contribution in [0, 0.1) is 6.92 Å². The van der Waals surface area contributed by atoms with E-state index < -0.39 is 10.0 Å². The van der Waals surface area contributed by atoms with E-state index in [-0.39, 0.29) is 11.5 Å². The number of aliphatic hydroxyl groups excluding tert-OH is 1. The van der Waals surface area contributed by atoms with Crippen molar-refractivity contribution in [3.05, 3.63) is 59.9 Å². The molecule has 3 aromatic rings. The van der Waals surface area contributed by atoms with Gasteiger partial charge in [-0.2, -0.15) is 0 Å². The van der Waals surface area contributed by atoms with Gasteiger partial charge >= 0.3 is 0 Å². The fourth-order valence-electron chi connectivity index (χ4n) is 2.58. The standard InChI is InChI=1S/C17H16N2O4S/c1-11-16(14-4-2-3-5-15(14)24(18,21)22)17(19-23-11)13-8-6-12(10-20)7-9-13/h2-9,20H,10H2,1H3,(H2,18,21,22). The highest BCUT2D eigenvalue weighted by atomic mass is 32.2. The number of benzene rings is 2. The molecular formula is C17H16N2O4S. The van der Waals surface area contributed by atoms with Gasteiger partial charge in [0.15, 0.2) is 0 Å². The van der Waals surface area contributed by atoms with E-state index in [1.54, 1.807) is 49.4 Å². The molecule has 0 radical (unpaired) electrons. The number of sulfonamides is 1. The summed E-state index contributed by atoms with van der Waals surface area (Å²) in [5.74, 6) is 0.493. The van der Waals surface area contributed by atoms with Crippen molar-refractivity contribution in [3.8, 4) is 22.4 Å². The number of aliphatic hydroxyl groups is 1. The summed E-state index contributed by atoms with van der Waals surface area (Å²) >= 11 is 0. The van der Waals surface area contributed by atoms with Gasteiger partial charge < -0.3 is 9.63 Å². The van der Waals surface area contributed by atoms with Crippen molar-refractivity contribution in [1.29, 1.82) is 0 Å². The summed E-state index contributed by atoms with van der Waals surface area (Å²) in [4.78, 5) is 0.0181. The molecule has 6 nitrogen and oxygen atoms in total. The quantitative estimate of drug-likeness (QED) is 0.756. The van der Waals surface area contributed by atoms with Crippen molar-refractivity contribution in [2.75, 3.05) is 0 Å². The van der Waals surface area contributed by atoms with Crippen molar-refractivity contribution in [1.82, 2.24) is 5.16 Å². The number of rotatable bonds is 4. The topological polar surface area (TPSA) is 106 Å². The van der Waals surface area contributed by atoms with Crippen molar-refractivity contribution in [2.24, 2.45) is 5.14 Å². The van der Waals surface area contributed by atoms with Crippen LogP contribution >= 0.6 is 0 Å². The van der Waals surface area contributed by atoms with Crippen LogP contribution in [0.25, 0.3) is 22.4 Å². The number of nitrogens with zero attached hydrogens (tertiary/aromatic N) is 1. The largest absolute Gasteiger partial charge is 0.392 e. The number of primary sulfonamides is 1. The number of aromatic nitrogens is 1. The fraction of sp³-hybridized carbons (Fsp3) is 0.118. The van der Waals surface area contributed by atoms with Gasteiger partial charge in [-0.3, -0.25) is 0 Å². The van der Waals surface area contributed by atoms with Crippen LogP contribution in [-0.2, 0) is 16.6 Å². The molecule has 0 atom stereocenters. The molecule has 0 saturated heterocycles. The molecule has 0 unspecified atom stereocenters. The van der Waals surface area contributed by atoms with Crippen LogP contribution < -0.4 is 5.14 Å². The molecule has 7 heteroatoms. The molecule has 1 heterocycles. The first-order chi connectivity index (χ1) is 11.4. The number of hydrogen-bond acceptors (Lipinski definition) is 5. The van der Waals surface area contributed by atoms with Gasteiger partial charge in [-0.1, -0.05) is 47.6 Å². The van der Waals surface area contributed by atoms with Gasteiger partial charge in [0, 0.05) is 11.1 Å². The average Bonchev–Trinajstić information content (AvgIpc) is 2.95. The molecule has 0 aliphatic rings. The Morgan fingerprint density at radius 2 is 1.79 bits per heavy atom. The highest BCUT2D eigenvalue weighted by Crippen LogP contribution is 2.37. The third-order valence-corrected chi connectivity index (χ3v) is 4.70. The SMILES string of the molecule is Cc1onc(-c2ccc(CO)cc2)c1-c1ccccc1S(N)(=O)=O. The molecule has 0 amide bonds. The van der Waals surface area contributed by atoms with E-state index in [0.717, 1.165) is 11.1 Å². The Morgan fingerprint density at radius 3 is 2.42 bits per heavy atom. The van der Waals surface area contributed by atoms with E-state index in [1.807, 2.05) is 0 Å². The molecule has 0 aliphatic heterocycles. The molecule has 3 N–H and O–H groups in total. The minimum Gasteiger partial charge on any atom is -0.392 e. The Morgan fingerprint density at radius 1 is 1.12 bits per heavy atom. The van der Waals surface area contributed by atoms with E-state index in [1.165, 1.54) is 6.07 Å². The van der Waals surface area contributed by atoms with Crippen LogP contribution in [0.3, 0.4) is 0 Å². The predicted molar refractivity (Wildman–Crippen MR) is 89.4 cm³/mol. The Bertz CT molecular complexity index is 976. The van der Waals surface area contributed by atoms with Crippen LogP contribution in [0.1, 0.15) is 11.3 Å².